The number of H-pyrrole nitrogens is 1. The molecule has 1 aliphatic heterocycles. The van der Waals surface area contributed by atoms with E-state index < -0.39 is 0 Å². The minimum absolute atomic E-state index is 0.940. The molecule has 0 spiro atoms. The van der Waals surface area contributed by atoms with E-state index in [1.54, 1.807) is 0 Å². The topological polar surface area (TPSA) is 44.0 Å². The molecule has 1 aliphatic rings. The fraction of sp³-hybridized carbons (Fsp3) is 0.278. The summed E-state index contributed by atoms with van der Waals surface area (Å²) in [6, 6.07) is 16.8. The second-order valence-corrected chi connectivity index (χ2v) is 5.83. The van der Waals surface area contributed by atoms with E-state index in [-0.39, 0.29) is 0 Å². The van der Waals surface area contributed by atoms with Crippen molar-refractivity contribution in [3.63, 3.8) is 0 Å². The molecule has 0 bridgehead atoms. The molecule has 22 heavy (non-hydrogen) atoms. The lowest BCUT2D eigenvalue weighted by Gasteiger charge is -2.27. The molecule has 4 nitrogen and oxygen atoms in total. The summed E-state index contributed by atoms with van der Waals surface area (Å²) >= 11 is 0. The first-order valence-corrected chi connectivity index (χ1v) is 7.86. The number of fused-ring (bicyclic) bond motifs is 1. The number of nitrogens with one attached hydrogen (secondary N) is 2. The normalized spacial score (nSPS) is 16.2. The molecule has 1 aromatic heterocycles. The summed E-state index contributed by atoms with van der Waals surface area (Å²) in [6.07, 6.45) is 0. The largest absolute Gasteiger partial charge is 0.338 e. The number of benzene rings is 2. The molecule has 0 aliphatic carbocycles. The summed E-state index contributed by atoms with van der Waals surface area (Å²) in [5.41, 5.74) is 4.62. The van der Waals surface area contributed by atoms with E-state index >= 15 is 0 Å². The van der Waals surface area contributed by atoms with Crippen LogP contribution in [0.25, 0.3) is 22.4 Å². The van der Waals surface area contributed by atoms with Gasteiger partial charge in [-0.3, -0.25) is 4.90 Å². The molecule has 1 fully saturated rings. The molecule has 0 amide bonds. The standard InChI is InChI=1S/C18H20N4/c1-2-4-15(5-3-1)18-20-16-7-6-14(12-17(16)21-18)13-22-10-8-19-9-11-22/h1-7,12,19H,8-11,13H2,(H,20,21). The highest BCUT2D eigenvalue weighted by Gasteiger charge is 2.11. The molecule has 3 aromatic rings. The molecule has 0 atom stereocenters. The highest BCUT2D eigenvalue weighted by Crippen LogP contribution is 2.21. The van der Waals surface area contributed by atoms with Crippen molar-refractivity contribution in [3.8, 4) is 11.4 Å². The summed E-state index contributed by atoms with van der Waals surface area (Å²) in [5, 5.41) is 3.39. The average Bonchev–Trinajstić information content (AvgIpc) is 3.00. The highest BCUT2D eigenvalue weighted by atomic mass is 15.2. The van der Waals surface area contributed by atoms with E-state index in [9.17, 15) is 0 Å². The van der Waals surface area contributed by atoms with E-state index in [1.807, 2.05) is 18.2 Å². The monoisotopic (exact) mass is 292 g/mol. The lowest BCUT2D eigenvalue weighted by Crippen LogP contribution is -2.42. The molecule has 2 N–H and O–H groups in total. The predicted molar refractivity (Wildman–Crippen MR) is 89.7 cm³/mol. The van der Waals surface area contributed by atoms with Gasteiger partial charge in [-0.25, -0.2) is 4.98 Å². The number of piperazine rings is 1. The van der Waals surface area contributed by atoms with Crippen LogP contribution in [0.15, 0.2) is 48.5 Å². The van der Waals surface area contributed by atoms with Crippen LogP contribution in [0.1, 0.15) is 5.56 Å². The Morgan fingerprint density at radius 1 is 1.00 bits per heavy atom. The van der Waals surface area contributed by atoms with Gasteiger partial charge in [0.25, 0.3) is 0 Å². The Kier molecular flexibility index (Phi) is 3.62. The minimum Gasteiger partial charge on any atom is -0.338 e. The van der Waals surface area contributed by atoms with Gasteiger partial charge in [0, 0.05) is 38.3 Å². The van der Waals surface area contributed by atoms with Gasteiger partial charge in [-0.15, -0.1) is 0 Å². The first-order chi connectivity index (χ1) is 10.9. The van der Waals surface area contributed by atoms with Crippen molar-refractivity contribution >= 4 is 11.0 Å². The molecule has 0 unspecified atom stereocenters. The molecule has 4 heteroatoms. The SMILES string of the molecule is c1ccc(-c2nc3ccc(CN4CCNCC4)cc3[nH]2)cc1. The molecule has 0 radical (unpaired) electrons. The maximum atomic E-state index is 4.69. The van der Waals surface area contributed by atoms with Crippen molar-refractivity contribution in [3.05, 3.63) is 54.1 Å². The molecule has 2 aromatic carbocycles. The molecule has 1 saturated heterocycles. The summed E-state index contributed by atoms with van der Waals surface area (Å²) in [7, 11) is 0. The molecule has 0 saturated carbocycles. The van der Waals surface area contributed by atoms with Gasteiger partial charge in [0.05, 0.1) is 11.0 Å². The van der Waals surface area contributed by atoms with Gasteiger partial charge in [0.15, 0.2) is 0 Å². The van der Waals surface area contributed by atoms with Gasteiger partial charge in [-0.2, -0.15) is 0 Å². The van der Waals surface area contributed by atoms with E-state index in [0.717, 1.165) is 55.1 Å². The average molecular weight is 292 g/mol. The lowest BCUT2D eigenvalue weighted by atomic mass is 10.2. The Labute approximate surface area is 130 Å². The first kappa shape index (κ1) is 13.5. The summed E-state index contributed by atoms with van der Waals surface area (Å²) in [6.45, 7) is 5.43. The van der Waals surface area contributed by atoms with Crippen LogP contribution in [0.2, 0.25) is 0 Å². The molecule has 112 valence electrons. The number of aromatic amines is 1. The third kappa shape index (κ3) is 2.75. The Morgan fingerprint density at radius 3 is 2.64 bits per heavy atom. The van der Waals surface area contributed by atoms with E-state index in [1.165, 1.54) is 5.56 Å². The Bertz CT molecular complexity index is 757. The number of hydrogen-bond donors (Lipinski definition) is 2. The predicted octanol–water partition coefficient (Wildman–Crippen LogP) is 2.64. The number of nitrogens with zero attached hydrogens (tertiary/aromatic N) is 2. The fourth-order valence-corrected chi connectivity index (χ4v) is 3.02. The lowest BCUT2D eigenvalue weighted by molar-refractivity contribution is 0.233. The van der Waals surface area contributed by atoms with Gasteiger partial charge >= 0.3 is 0 Å². The van der Waals surface area contributed by atoms with Crippen LogP contribution in [0.3, 0.4) is 0 Å². The molecular weight excluding hydrogens is 272 g/mol. The molecular formula is C18H20N4. The van der Waals surface area contributed by atoms with Gasteiger partial charge in [0.2, 0.25) is 0 Å². The van der Waals surface area contributed by atoms with Crippen molar-refractivity contribution in [2.24, 2.45) is 0 Å². The summed E-state index contributed by atoms with van der Waals surface area (Å²) < 4.78 is 0. The van der Waals surface area contributed by atoms with E-state index in [0.29, 0.717) is 0 Å². The maximum Gasteiger partial charge on any atom is 0.138 e. The third-order valence-electron chi connectivity index (χ3n) is 4.21. The van der Waals surface area contributed by atoms with Crippen LogP contribution < -0.4 is 5.32 Å². The van der Waals surface area contributed by atoms with Crippen molar-refractivity contribution in [2.75, 3.05) is 26.2 Å². The fourth-order valence-electron chi connectivity index (χ4n) is 3.02. The van der Waals surface area contributed by atoms with E-state index in [4.69, 9.17) is 4.98 Å². The molecule has 2 heterocycles. The van der Waals surface area contributed by atoms with Crippen LogP contribution in [-0.2, 0) is 6.54 Å². The summed E-state index contributed by atoms with van der Waals surface area (Å²) in [4.78, 5) is 10.6. The van der Waals surface area contributed by atoms with Crippen LogP contribution >= 0.6 is 0 Å². The van der Waals surface area contributed by atoms with Gasteiger partial charge in [-0.05, 0) is 17.7 Å². The van der Waals surface area contributed by atoms with Crippen molar-refractivity contribution in [1.82, 2.24) is 20.2 Å². The van der Waals surface area contributed by atoms with Gasteiger partial charge < -0.3 is 10.3 Å². The van der Waals surface area contributed by atoms with E-state index in [2.05, 4.69) is 45.5 Å². The zero-order chi connectivity index (χ0) is 14.8. The van der Waals surface area contributed by atoms with Gasteiger partial charge in [-0.1, -0.05) is 36.4 Å². The Morgan fingerprint density at radius 2 is 1.82 bits per heavy atom. The number of hydrogen-bond acceptors (Lipinski definition) is 3. The first-order valence-electron chi connectivity index (χ1n) is 7.86. The second kappa shape index (κ2) is 5.91. The van der Waals surface area contributed by atoms with Gasteiger partial charge in [0.1, 0.15) is 5.82 Å². The molecule has 4 rings (SSSR count). The Hall–Kier alpha value is -2.17. The summed E-state index contributed by atoms with van der Waals surface area (Å²) in [5.74, 6) is 0.940. The van der Waals surface area contributed by atoms with Crippen molar-refractivity contribution in [1.29, 1.82) is 0 Å². The number of aromatic nitrogens is 2. The van der Waals surface area contributed by atoms with Crippen LogP contribution in [0, 0.1) is 0 Å². The zero-order valence-electron chi connectivity index (χ0n) is 12.5. The minimum atomic E-state index is 0.940. The third-order valence-corrected chi connectivity index (χ3v) is 4.21. The maximum absolute atomic E-state index is 4.69. The number of rotatable bonds is 3. The zero-order valence-corrected chi connectivity index (χ0v) is 12.5. The second-order valence-electron chi connectivity index (χ2n) is 5.83. The number of imidazole rings is 1. The van der Waals surface area contributed by atoms with Crippen molar-refractivity contribution < 1.29 is 0 Å². The smallest absolute Gasteiger partial charge is 0.138 e. The van der Waals surface area contributed by atoms with Crippen LogP contribution in [0.4, 0.5) is 0 Å². The van der Waals surface area contributed by atoms with Crippen molar-refractivity contribution in [2.45, 2.75) is 6.54 Å². The van der Waals surface area contributed by atoms with Crippen LogP contribution in [-0.4, -0.2) is 41.0 Å². The quantitative estimate of drug-likeness (QED) is 0.780. The van der Waals surface area contributed by atoms with Crippen LogP contribution in [0.5, 0.6) is 0 Å². The highest BCUT2D eigenvalue weighted by molar-refractivity contribution is 5.80. The Balaban J connectivity index is 1.60.